The number of hydrogen-bond donors (Lipinski definition) is 1. The summed E-state index contributed by atoms with van der Waals surface area (Å²) in [6.45, 7) is 7.13. The van der Waals surface area contributed by atoms with Crippen molar-refractivity contribution in [2.45, 2.75) is 24.8 Å². The monoisotopic (exact) mass is 317 g/mol. The van der Waals surface area contributed by atoms with Crippen molar-refractivity contribution < 1.29 is 18.3 Å². The number of nitrogens with zero attached hydrogens (tertiary/aromatic N) is 1. The molecule has 0 atom stereocenters. The van der Waals surface area contributed by atoms with Crippen molar-refractivity contribution in [3.8, 4) is 0 Å². The quantitative estimate of drug-likeness (QED) is 0.818. The summed E-state index contributed by atoms with van der Waals surface area (Å²) in [6.07, 6.45) is 1.48. The molecule has 0 saturated carbocycles. The molecule has 7 heteroatoms. The molecule has 0 spiro atoms. The van der Waals surface area contributed by atoms with Crippen molar-refractivity contribution >= 4 is 27.6 Å². The molecule has 1 N–H and O–H groups in total. The van der Waals surface area contributed by atoms with E-state index < -0.39 is 16.0 Å². The molecule has 0 bridgehead atoms. The highest BCUT2D eigenvalue weighted by Crippen LogP contribution is 2.24. The molecule has 0 aliphatic rings. The number of benzene rings is 1. The predicted molar refractivity (Wildman–Crippen MR) is 77.6 cm³/mol. The molecule has 0 heterocycles. The van der Waals surface area contributed by atoms with Crippen molar-refractivity contribution in [1.29, 1.82) is 0 Å². The summed E-state index contributed by atoms with van der Waals surface area (Å²) in [4.78, 5) is 10.9. The zero-order valence-corrected chi connectivity index (χ0v) is 12.8. The molecule has 1 rings (SSSR count). The van der Waals surface area contributed by atoms with Gasteiger partial charge >= 0.3 is 5.97 Å². The molecule has 0 aromatic heterocycles. The minimum absolute atomic E-state index is 0.00346. The minimum atomic E-state index is -3.80. The Labute approximate surface area is 123 Å². The van der Waals surface area contributed by atoms with Gasteiger partial charge in [-0.05, 0) is 32.0 Å². The van der Waals surface area contributed by atoms with Crippen molar-refractivity contribution in [2.24, 2.45) is 0 Å². The topological polar surface area (TPSA) is 74.7 Å². The van der Waals surface area contributed by atoms with Crippen LogP contribution in [0.15, 0.2) is 35.7 Å². The third-order valence-electron chi connectivity index (χ3n) is 2.66. The Balaban J connectivity index is 3.38. The predicted octanol–water partition coefficient (Wildman–Crippen LogP) is 2.62. The minimum Gasteiger partial charge on any atom is -0.478 e. The average molecular weight is 318 g/mol. The van der Waals surface area contributed by atoms with Gasteiger partial charge in [-0.25, -0.2) is 13.2 Å². The first-order chi connectivity index (χ1) is 9.21. The third kappa shape index (κ3) is 3.39. The third-order valence-corrected chi connectivity index (χ3v) is 5.03. The molecule has 0 fully saturated rings. The molecule has 0 aliphatic heterocycles. The fraction of sp³-hybridized carbons (Fsp3) is 0.308. The lowest BCUT2D eigenvalue weighted by Crippen LogP contribution is -2.37. The summed E-state index contributed by atoms with van der Waals surface area (Å²) in [5.74, 6) is -1.27. The van der Waals surface area contributed by atoms with E-state index in [1.54, 1.807) is 13.8 Å². The van der Waals surface area contributed by atoms with Crippen LogP contribution in [-0.4, -0.2) is 36.4 Å². The maximum Gasteiger partial charge on any atom is 0.337 e. The first-order valence-corrected chi connectivity index (χ1v) is 7.69. The van der Waals surface area contributed by atoms with E-state index in [1.807, 2.05) is 0 Å². The van der Waals surface area contributed by atoms with Gasteiger partial charge in [0.1, 0.15) is 0 Å². The zero-order valence-electron chi connectivity index (χ0n) is 11.2. The van der Waals surface area contributed by atoms with Crippen molar-refractivity contribution in [3.05, 3.63) is 41.4 Å². The highest BCUT2D eigenvalue weighted by atomic mass is 35.5. The SMILES string of the molecule is C=CCN(C(C)C)S(=O)(=O)c1ccc(Cl)c(C(=O)O)c1. The number of rotatable bonds is 6. The van der Waals surface area contributed by atoms with E-state index in [-0.39, 0.29) is 28.1 Å². The van der Waals surface area contributed by atoms with E-state index in [1.165, 1.54) is 22.5 Å². The second-order valence-corrected chi connectivity index (χ2v) is 6.70. The van der Waals surface area contributed by atoms with E-state index >= 15 is 0 Å². The highest BCUT2D eigenvalue weighted by molar-refractivity contribution is 7.89. The average Bonchev–Trinajstić information content (AvgIpc) is 2.35. The summed E-state index contributed by atoms with van der Waals surface area (Å²) >= 11 is 5.74. The van der Waals surface area contributed by atoms with Crippen LogP contribution in [-0.2, 0) is 10.0 Å². The summed E-state index contributed by atoms with van der Waals surface area (Å²) in [7, 11) is -3.80. The van der Waals surface area contributed by atoms with Crippen LogP contribution in [0.2, 0.25) is 5.02 Å². The van der Waals surface area contributed by atoms with Gasteiger partial charge in [0.05, 0.1) is 15.5 Å². The van der Waals surface area contributed by atoms with Crippen molar-refractivity contribution in [1.82, 2.24) is 4.31 Å². The Bertz CT molecular complexity index is 625. The molecule has 1 aromatic rings. The van der Waals surface area contributed by atoms with Crippen LogP contribution in [0.3, 0.4) is 0 Å². The summed E-state index contributed by atoms with van der Waals surface area (Å²) in [6, 6.07) is 3.35. The lowest BCUT2D eigenvalue weighted by Gasteiger charge is -2.24. The number of carbonyl (C=O) groups is 1. The van der Waals surface area contributed by atoms with E-state index in [4.69, 9.17) is 16.7 Å². The number of sulfonamides is 1. The maximum absolute atomic E-state index is 12.5. The molecule has 5 nitrogen and oxygen atoms in total. The summed E-state index contributed by atoms with van der Waals surface area (Å²) in [5, 5.41) is 8.99. The Morgan fingerprint density at radius 2 is 2.10 bits per heavy atom. The Hall–Kier alpha value is -1.37. The highest BCUT2D eigenvalue weighted by Gasteiger charge is 2.27. The number of hydrogen-bond acceptors (Lipinski definition) is 3. The molecule has 1 aromatic carbocycles. The first kappa shape index (κ1) is 16.7. The maximum atomic E-state index is 12.5. The van der Waals surface area contributed by atoms with Gasteiger partial charge in [-0.2, -0.15) is 4.31 Å². The van der Waals surface area contributed by atoms with Crippen LogP contribution >= 0.6 is 11.6 Å². The molecule has 0 unspecified atom stereocenters. The van der Waals surface area contributed by atoms with Gasteiger partial charge in [-0.1, -0.05) is 17.7 Å². The summed E-state index contributed by atoms with van der Waals surface area (Å²) in [5.41, 5.74) is -0.241. The van der Waals surface area contributed by atoms with E-state index in [2.05, 4.69) is 6.58 Å². The Morgan fingerprint density at radius 3 is 2.55 bits per heavy atom. The standard InChI is InChI=1S/C13H16ClNO4S/c1-4-7-15(9(2)3)20(18,19)10-5-6-12(14)11(8-10)13(16)17/h4-6,8-9H,1,7H2,2-3H3,(H,16,17). The van der Waals surface area contributed by atoms with Gasteiger partial charge in [0.2, 0.25) is 10.0 Å². The molecule has 110 valence electrons. The lowest BCUT2D eigenvalue weighted by atomic mass is 10.2. The van der Waals surface area contributed by atoms with E-state index in [0.717, 1.165) is 6.07 Å². The second kappa shape index (κ2) is 6.39. The van der Waals surface area contributed by atoms with Crippen LogP contribution in [0.1, 0.15) is 24.2 Å². The molecular weight excluding hydrogens is 302 g/mol. The summed E-state index contributed by atoms with van der Waals surface area (Å²) < 4.78 is 26.2. The normalized spacial score (nSPS) is 11.8. The number of carboxylic acid groups (broad SMARTS) is 1. The zero-order chi connectivity index (χ0) is 15.5. The Morgan fingerprint density at radius 1 is 1.50 bits per heavy atom. The van der Waals surface area contributed by atoms with Gasteiger partial charge in [0, 0.05) is 12.6 Å². The van der Waals surface area contributed by atoms with Gasteiger partial charge in [-0.3, -0.25) is 0 Å². The number of carboxylic acids is 1. The van der Waals surface area contributed by atoms with Gasteiger partial charge in [0.25, 0.3) is 0 Å². The van der Waals surface area contributed by atoms with Crippen molar-refractivity contribution in [3.63, 3.8) is 0 Å². The molecule has 20 heavy (non-hydrogen) atoms. The Kier molecular flexibility index (Phi) is 5.33. The van der Waals surface area contributed by atoms with Gasteiger partial charge in [-0.15, -0.1) is 6.58 Å². The number of halogens is 1. The van der Waals surface area contributed by atoms with Crippen LogP contribution in [0, 0.1) is 0 Å². The van der Waals surface area contributed by atoms with Crippen molar-refractivity contribution in [2.75, 3.05) is 6.54 Å². The smallest absolute Gasteiger partial charge is 0.337 e. The van der Waals surface area contributed by atoms with Gasteiger partial charge in [0.15, 0.2) is 0 Å². The van der Waals surface area contributed by atoms with Crippen LogP contribution in [0.5, 0.6) is 0 Å². The van der Waals surface area contributed by atoms with E-state index in [9.17, 15) is 13.2 Å². The largest absolute Gasteiger partial charge is 0.478 e. The van der Waals surface area contributed by atoms with Gasteiger partial charge < -0.3 is 5.11 Å². The fourth-order valence-corrected chi connectivity index (χ4v) is 3.51. The number of aromatic carboxylic acids is 1. The van der Waals surface area contributed by atoms with Crippen LogP contribution in [0.25, 0.3) is 0 Å². The van der Waals surface area contributed by atoms with E-state index in [0.29, 0.717) is 0 Å². The molecule has 0 aliphatic carbocycles. The molecule has 0 radical (unpaired) electrons. The first-order valence-electron chi connectivity index (χ1n) is 5.87. The molecule has 0 saturated heterocycles. The molecular formula is C13H16ClNO4S. The lowest BCUT2D eigenvalue weighted by molar-refractivity contribution is 0.0697. The van der Waals surface area contributed by atoms with Crippen LogP contribution in [0.4, 0.5) is 0 Å². The van der Waals surface area contributed by atoms with Crippen LogP contribution < -0.4 is 0 Å². The molecule has 0 amide bonds. The second-order valence-electron chi connectivity index (χ2n) is 4.40. The fourth-order valence-electron chi connectivity index (χ4n) is 1.68.